The molecule has 0 aliphatic heterocycles. The summed E-state index contributed by atoms with van der Waals surface area (Å²) in [7, 11) is 0. The lowest BCUT2D eigenvalue weighted by molar-refractivity contribution is -0.167. The van der Waals surface area contributed by atoms with Crippen molar-refractivity contribution < 1.29 is 28.6 Å². The minimum absolute atomic E-state index is 0.0647. The molecule has 0 aromatic rings. The third kappa shape index (κ3) is 44.0. The Morgan fingerprint density at radius 2 is 0.655 bits per heavy atom. The molecule has 2 atom stereocenters. The molecular formula is C52H100O6. The molecule has 6 nitrogen and oxygen atoms in total. The van der Waals surface area contributed by atoms with Gasteiger partial charge in [-0.05, 0) is 31.1 Å². The lowest BCUT2D eigenvalue weighted by Crippen LogP contribution is -2.30. The number of carbonyl (C=O) groups is 3. The first-order valence-electron chi connectivity index (χ1n) is 25.8. The Balaban J connectivity index is 4.26. The smallest absolute Gasteiger partial charge is 0.306 e. The van der Waals surface area contributed by atoms with Crippen molar-refractivity contribution in [2.75, 3.05) is 13.2 Å². The van der Waals surface area contributed by atoms with E-state index in [9.17, 15) is 14.4 Å². The maximum Gasteiger partial charge on any atom is 0.306 e. The fourth-order valence-corrected chi connectivity index (χ4v) is 7.78. The Bertz CT molecular complexity index is 887. The van der Waals surface area contributed by atoms with Gasteiger partial charge in [0, 0.05) is 19.3 Å². The molecular weight excluding hydrogens is 721 g/mol. The third-order valence-corrected chi connectivity index (χ3v) is 12.1. The normalized spacial score (nSPS) is 12.5. The molecule has 0 aromatic carbocycles. The predicted octanol–water partition coefficient (Wildman–Crippen LogP) is 16.5. The van der Waals surface area contributed by atoms with Crippen LogP contribution in [0, 0.1) is 11.8 Å². The number of rotatable bonds is 46. The summed E-state index contributed by atoms with van der Waals surface area (Å²) in [4.78, 5) is 37.9. The lowest BCUT2D eigenvalue weighted by atomic mass is 9.99. The number of carbonyl (C=O) groups excluding carboxylic acids is 3. The highest BCUT2D eigenvalue weighted by molar-refractivity contribution is 5.71. The quantitative estimate of drug-likeness (QED) is 0.0346. The van der Waals surface area contributed by atoms with Gasteiger partial charge in [-0.3, -0.25) is 14.4 Å². The van der Waals surface area contributed by atoms with Crippen molar-refractivity contribution in [3.8, 4) is 0 Å². The maximum absolute atomic E-state index is 12.8. The van der Waals surface area contributed by atoms with Gasteiger partial charge in [0.1, 0.15) is 13.2 Å². The van der Waals surface area contributed by atoms with Crippen molar-refractivity contribution in [1.29, 1.82) is 0 Å². The zero-order chi connectivity index (χ0) is 42.6. The van der Waals surface area contributed by atoms with Gasteiger partial charge in [-0.25, -0.2) is 0 Å². The monoisotopic (exact) mass is 821 g/mol. The molecule has 0 saturated heterocycles. The molecule has 0 aliphatic carbocycles. The molecule has 58 heavy (non-hydrogen) atoms. The van der Waals surface area contributed by atoms with Gasteiger partial charge in [0.25, 0.3) is 0 Å². The Kier molecular flexibility index (Phi) is 43.7. The van der Waals surface area contributed by atoms with E-state index in [1.165, 1.54) is 173 Å². The molecule has 0 spiro atoms. The predicted molar refractivity (Wildman–Crippen MR) is 247 cm³/mol. The van der Waals surface area contributed by atoms with Crippen LogP contribution in [0.2, 0.25) is 0 Å². The summed E-state index contributed by atoms with van der Waals surface area (Å²) in [6, 6.07) is 0. The Labute approximate surface area is 361 Å². The van der Waals surface area contributed by atoms with Crippen LogP contribution < -0.4 is 0 Å². The molecule has 0 aromatic heterocycles. The summed E-state index contributed by atoms with van der Waals surface area (Å²) >= 11 is 0. The van der Waals surface area contributed by atoms with Gasteiger partial charge in [0.15, 0.2) is 6.10 Å². The molecule has 0 saturated carbocycles. The molecule has 6 heteroatoms. The first-order chi connectivity index (χ1) is 28.3. The van der Waals surface area contributed by atoms with Gasteiger partial charge < -0.3 is 14.2 Å². The van der Waals surface area contributed by atoms with Crippen LogP contribution in [0.15, 0.2) is 0 Å². The van der Waals surface area contributed by atoms with Crippen molar-refractivity contribution in [2.45, 2.75) is 291 Å². The van der Waals surface area contributed by atoms with Crippen molar-refractivity contribution in [1.82, 2.24) is 0 Å². The van der Waals surface area contributed by atoms with Crippen LogP contribution in [-0.2, 0) is 28.6 Å². The zero-order valence-electron chi connectivity index (χ0n) is 39.7. The Hall–Kier alpha value is -1.59. The van der Waals surface area contributed by atoms with Crippen LogP contribution in [-0.4, -0.2) is 37.2 Å². The fourth-order valence-electron chi connectivity index (χ4n) is 7.78. The van der Waals surface area contributed by atoms with Crippen LogP contribution >= 0.6 is 0 Å². The molecule has 1 unspecified atom stereocenters. The number of esters is 3. The van der Waals surface area contributed by atoms with Crippen LogP contribution in [0.5, 0.6) is 0 Å². The second kappa shape index (κ2) is 44.9. The highest BCUT2D eigenvalue weighted by Gasteiger charge is 2.19. The van der Waals surface area contributed by atoms with Gasteiger partial charge in [-0.15, -0.1) is 0 Å². The molecule has 0 fully saturated rings. The van der Waals surface area contributed by atoms with Crippen molar-refractivity contribution in [3.63, 3.8) is 0 Å². The van der Waals surface area contributed by atoms with Crippen molar-refractivity contribution in [2.24, 2.45) is 11.8 Å². The van der Waals surface area contributed by atoms with Crippen LogP contribution in [0.3, 0.4) is 0 Å². The summed E-state index contributed by atoms with van der Waals surface area (Å²) in [6.07, 6.45) is 45.3. The molecule has 0 heterocycles. The number of hydrogen-bond acceptors (Lipinski definition) is 6. The van der Waals surface area contributed by atoms with E-state index in [0.29, 0.717) is 19.3 Å². The van der Waals surface area contributed by atoms with Gasteiger partial charge >= 0.3 is 17.9 Å². The zero-order valence-corrected chi connectivity index (χ0v) is 39.7. The third-order valence-electron chi connectivity index (χ3n) is 12.1. The number of hydrogen-bond donors (Lipinski definition) is 0. The SMILES string of the molecule is CCCCCCCCCCCCCCCCCCCCC(=O)OC[C@@H](COC(=O)CCCCCCCCCC(C)C)OC(=O)CCCCCCCCCCC(C)CC. The summed E-state index contributed by atoms with van der Waals surface area (Å²) in [5, 5.41) is 0. The molecule has 0 amide bonds. The highest BCUT2D eigenvalue weighted by atomic mass is 16.6. The van der Waals surface area contributed by atoms with Crippen molar-refractivity contribution in [3.05, 3.63) is 0 Å². The molecule has 344 valence electrons. The van der Waals surface area contributed by atoms with Gasteiger partial charge in [-0.1, -0.05) is 247 Å². The number of unbranched alkanes of at least 4 members (excludes halogenated alkanes) is 30. The summed E-state index contributed by atoms with van der Waals surface area (Å²) < 4.78 is 16.8. The van der Waals surface area contributed by atoms with Gasteiger partial charge in [-0.2, -0.15) is 0 Å². The van der Waals surface area contributed by atoms with E-state index in [0.717, 1.165) is 69.6 Å². The second-order valence-electron chi connectivity index (χ2n) is 18.5. The van der Waals surface area contributed by atoms with E-state index in [-0.39, 0.29) is 31.1 Å². The van der Waals surface area contributed by atoms with Crippen molar-refractivity contribution >= 4 is 17.9 Å². The fraction of sp³-hybridized carbons (Fsp3) is 0.942. The summed E-state index contributed by atoms with van der Waals surface area (Å²) in [5.41, 5.74) is 0. The average Bonchev–Trinajstić information content (AvgIpc) is 3.21. The number of ether oxygens (including phenoxy) is 3. The summed E-state index contributed by atoms with van der Waals surface area (Å²) in [6.45, 7) is 11.3. The molecule has 0 rings (SSSR count). The second-order valence-corrected chi connectivity index (χ2v) is 18.5. The van der Waals surface area contributed by atoms with E-state index < -0.39 is 6.10 Å². The van der Waals surface area contributed by atoms with Crippen LogP contribution in [0.4, 0.5) is 0 Å². The minimum Gasteiger partial charge on any atom is -0.462 e. The van der Waals surface area contributed by atoms with E-state index >= 15 is 0 Å². The van der Waals surface area contributed by atoms with Gasteiger partial charge in [0.2, 0.25) is 0 Å². The van der Waals surface area contributed by atoms with Crippen LogP contribution in [0.25, 0.3) is 0 Å². The van der Waals surface area contributed by atoms with E-state index in [1.807, 2.05) is 0 Å². The standard InChI is InChI=1S/C52H100O6/c1-6-8-9-10-11-12-13-14-15-16-17-18-19-20-21-27-32-37-42-50(53)56-45-49(46-57-51(54)43-38-33-29-24-25-30-35-40-47(3)4)58-52(55)44-39-34-28-23-22-26-31-36-41-48(5)7-2/h47-49H,6-46H2,1-5H3/t48?,49-/m0/s1. The Morgan fingerprint density at radius 1 is 0.362 bits per heavy atom. The molecule has 0 aliphatic rings. The lowest BCUT2D eigenvalue weighted by Gasteiger charge is -2.18. The minimum atomic E-state index is -0.762. The summed E-state index contributed by atoms with van der Waals surface area (Å²) in [5.74, 6) is 0.772. The van der Waals surface area contributed by atoms with E-state index in [1.54, 1.807) is 0 Å². The largest absolute Gasteiger partial charge is 0.462 e. The first kappa shape index (κ1) is 56.4. The maximum atomic E-state index is 12.8. The highest BCUT2D eigenvalue weighted by Crippen LogP contribution is 2.18. The Morgan fingerprint density at radius 3 is 0.983 bits per heavy atom. The average molecular weight is 821 g/mol. The van der Waals surface area contributed by atoms with E-state index in [2.05, 4.69) is 34.6 Å². The topological polar surface area (TPSA) is 78.9 Å². The van der Waals surface area contributed by atoms with Crippen LogP contribution in [0.1, 0.15) is 285 Å². The molecule has 0 bridgehead atoms. The molecule has 0 radical (unpaired) electrons. The van der Waals surface area contributed by atoms with E-state index in [4.69, 9.17) is 14.2 Å². The van der Waals surface area contributed by atoms with Gasteiger partial charge in [0.05, 0.1) is 0 Å². The molecule has 0 N–H and O–H groups in total. The first-order valence-corrected chi connectivity index (χ1v) is 25.8.